The van der Waals surface area contributed by atoms with Gasteiger partial charge in [-0.05, 0) is 86.3 Å². The molecule has 3 aromatic rings. The molecule has 1 aliphatic heterocycles. The number of hydrogen-bond acceptors (Lipinski definition) is 7. The second-order valence-corrected chi connectivity index (χ2v) is 14.2. The number of amides is 1. The Balaban J connectivity index is 1.45. The summed E-state index contributed by atoms with van der Waals surface area (Å²) in [5, 5.41) is 4.34. The predicted octanol–water partition coefficient (Wildman–Crippen LogP) is 7.82. The third-order valence-corrected chi connectivity index (χ3v) is 11.6. The molecule has 1 fully saturated rings. The minimum atomic E-state index is -4.78. The number of nitrogens with one attached hydrogen (secondary N) is 2. The molecule has 0 radical (unpaired) electrons. The minimum Gasteiger partial charge on any atom is -0.379 e. The van der Waals surface area contributed by atoms with E-state index < -0.39 is 30.3 Å². The molecule has 1 amide bonds. The maximum absolute atomic E-state index is 14.1. The van der Waals surface area contributed by atoms with Crippen LogP contribution in [-0.4, -0.2) is 50.3 Å². The normalized spacial score (nSPS) is 18.7. The van der Waals surface area contributed by atoms with Gasteiger partial charge in [-0.1, -0.05) is 32.0 Å². The van der Waals surface area contributed by atoms with Crippen molar-refractivity contribution in [3.05, 3.63) is 70.4 Å². The summed E-state index contributed by atoms with van der Waals surface area (Å²) in [5.74, 6) is -0.705. The van der Waals surface area contributed by atoms with Crippen LogP contribution in [0.1, 0.15) is 97.8 Å². The van der Waals surface area contributed by atoms with Crippen LogP contribution in [-0.2, 0) is 27.2 Å². The van der Waals surface area contributed by atoms with Gasteiger partial charge in [0.2, 0.25) is 5.95 Å². The standard InChI is InChI=1S/C33H41F3N5O5P/c1-5-32(6-2,47(43,44)45)21-10-12-22(13-11-21)38-31-37-18-26(33(34,35)36)29(40-31)39-27-17-16-24(25-19-41(4)30(42)28(25)27)20-8-14-23(15-9-20)46-7-3/h10-13,16-18,20,23H,5-9,14-15,19H2,1-4H3,(H2,43,44,45)(H2,37,38,39,40). The van der Waals surface area contributed by atoms with Gasteiger partial charge in [0.1, 0.15) is 11.4 Å². The van der Waals surface area contributed by atoms with E-state index in [4.69, 9.17) is 4.74 Å². The second-order valence-electron chi connectivity index (χ2n) is 12.2. The second kappa shape index (κ2) is 13.5. The number of carbonyl (C=O) groups is 1. The Morgan fingerprint density at radius 3 is 2.23 bits per heavy atom. The lowest BCUT2D eigenvalue weighted by molar-refractivity contribution is -0.137. The average molecular weight is 676 g/mol. The molecule has 254 valence electrons. The molecule has 0 spiro atoms. The van der Waals surface area contributed by atoms with Gasteiger partial charge in [-0.3, -0.25) is 9.36 Å². The highest BCUT2D eigenvalue weighted by Gasteiger charge is 2.45. The molecular formula is C33H41F3N5O5P. The van der Waals surface area contributed by atoms with Crippen LogP contribution in [0.5, 0.6) is 0 Å². The Morgan fingerprint density at radius 2 is 1.66 bits per heavy atom. The van der Waals surface area contributed by atoms with Crippen molar-refractivity contribution in [2.45, 2.75) is 89.2 Å². The lowest BCUT2D eigenvalue weighted by Gasteiger charge is -2.33. The third-order valence-electron chi connectivity index (χ3n) is 9.57. The van der Waals surface area contributed by atoms with E-state index in [1.807, 2.05) is 13.0 Å². The molecule has 1 aliphatic carbocycles. The zero-order valence-corrected chi connectivity index (χ0v) is 27.8. The van der Waals surface area contributed by atoms with E-state index in [1.54, 1.807) is 56.1 Å². The molecule has 0 atom stereocenters. The molecule has 2 aliphatic rings. The number of rotatable bonds is 11. The first-order valence-electron chi connectivity index (χ1n) is 15.9. The lowest BCUT2D eigenvalue weighted by atomic mass is 9.80. The van der Waals surface area contributed by atoms with Crippen molar-refractivity contribution < 1.29 is 37.1 Å². The fourth-order valence-electron chi connectivity index (χ4n) is 6.94. The number of anilines is 4. The smallest absolute Gasteiger partial charge is 0.379 e. The van der Waals surface area contributed by atoms with Crippen LogP contribution in [0.2, 0.25) is 0 Å². The molecule has 2 aromatic carbocycles. The average Bonchev–Trinajstić information content (AvgIpc) is 3.32. The number of aromatic nitrogens is 2. The number of hydrogen-bond donors (Lipinski definition) is 4. The number of nitrogens with zero attached hydrogens (tertiary/aromatic N) is 3. The topological polar surface area (TPSA) is 137 Å². The number of halogens is 3. The molecule has 0 unspecified atom stereocenters. The highest BCUT2D eigenvalue weighted by Crippen LogP contribution is 2.61. The van der Waals surface area contributed by atoms with Gasteiger partial charge in [-0.25, -0.2) is 4.98 Å². The number of alkyl halides is 3. The van der Waals surface area contributed by atoms with Crippen molar-refractivity contribution in [2.75, 3.05) is 24.3 Å². The largest absolute Gasteiger partial charge is 0.421 e. The van der Waals surface area contributed by atoms with Crippen LogP contribution in [0, 0.1) is 0 Å². The maximum atomic E-state index is 14.1. The Hall–Kier alpha value is -3.51. The van der Waals surface area contributed by atoms with Crippen LogP contribution in [0.15, 0.2) is 42.6 Å². The number of ether oxygens (including phenoxy) is 1. The van der Waals surface area contributed by atoms with Crippen molar-refractivity contribution in [1.29, 1.82) is 0 Å². The van der Waals surface area contributed by atoms with Gasteiger partial charge in [0.15, 0.2) is 0 Å². The van der Waals surface area contributed by atoms with Crippen LogP contribution in [0.3, 0.4) is 0 Å². The first-order valence-corrected chi connectivity index (χ1v) is 17.5. The first kappa shape index (κ1) is 34.8. The minimum absolute atomic E-state index is 0.136. The highest BCUT2D eigenvalue weighted by atomic mass is 31.2. The van der Waals surface area contributed by atoms with E-state index >= 15 is 0 Å². The summed E-state index contributed by atoms with van der Waals surface area (Å²) in [6.07, 6.45) is 0.176. The lowest BCUT2D eigenvalue weighted by Crippen LogP contribution is -2.24. The van der Waals surface area contributed by atoms with Gasteiger partial charge >= 0.3 is 13.8 Å². The SMILES string of the molecule is CCOC1CCC(c2ccc(Nc3nc(Nc4ccc(C(CC)(CC)P(=O)(O)O)cc4)ncc3C(F)(F)F)c3c2CN(C)C3=O)CC1. The van der Waals surface area contributed by atoms with E-state index in [9.17, 15) is 32.3 Å². The van der Waals surface area contributed by atoms with Crippen LogP contribution in [0.4, 0.5) is 36.3 Å². The van der Waals surface area contributed by atoms with E-state index in [0.717, 1.165) is 36.8 Å². The Labute approximate surface area is 272 Å². The summed E-state index contributed by atoms with van der Waals surface area (Å²) in [7, 11) is -2.82. The summed E-state index contributed by atoms with van der Waals surface area (Å²) in [6, 6.07) is 9.85. The zero-order valence-electron chi connectivity index (χ0n) is 26.9. The van der Waals surface area contributed by atoms with E-state index in [2.05, 4.69) is 20.6 Å². The monoisotopic (exact) mass is 675 g/mol. The fraction of sp³-hybridized carbons (Fsp3) is 0.485. The molecule has 14 heteroatoms. The van der Waals surface area contributed by atoms with Gasteiger partial charge in [-0.2, -0.15) is 18.2 Å². The van der Waals surface area contributed by atoms with Crippen molar-refractivity contribution in [3.8, 4) is 0 Å². The van der Waals surface area contributed by atoms with Gasteiger partial charge in [0, 0.05) is 32.1 Å². The molecule has 47 heavy (non-hydrogen) atoms. The van der Waals surface area contributed by atoms with Crippen molar-refractivity contribution in [1.82, 2.24) is 14.9 Å². The molecule has 5 rings (SSSR count). The first-order chi connectivity index (χ1) is 22.2. The number of benzene rings is 2. The predicted molar refractivity (Wildman–Crippen MR) is 173 cm³/mol. The maximum Gasteiger partial charge on any atom is 0.421 e. The third kappa shape index (κ3) is 6.90. The molecule has 0 saturated heterocycles. The van der Waals surface area contributed by atoms with Crippen LogP contribution in [0.25, 0.3) is 0 Å². The van der Waals surface area contributed by atoms with Crippen molar-refractivity contribution >= 4 is 36.6 Å². The van der Waals surface area contributed by atoms with Crippen LogP contribution < -0.4 is 10.6 Å². The van der Waals surface area contributed by atoms with Crippen LogP contribution >= 0.6 is 7.60 Å². The summed E-state index contributed by atoms with van der Waals surface area (Å²) in [5.41, 5.74) is 2.19. The summed E-state index contributed by atoms with van der Waals surface area (Å²) in [4.78, 5) is 43.1. The molecule has 0 bridgehead atoms. The Kier molecular flexibility index (Phi) is 10.0. The van der Waals surface area contributed by atoms with E-state index in [0.29, 0.717) is 36.2 Å². The molecule has 1 aromatic heterocycles. The quantitative estimate of drug-likeness (QED) is 0.150. The molecule has 2 heterocycles. The molecular weight excluding hydrogens is 634 g/mol. The van der Waals surface area contributed by atoms with Gasteiger partial charge in [-0.15, -0.1) is 0 Å². The van der Waals surface area contributed by atoms with Gasteiger partial charge < -0.3 is 30.1 Å². The molecule has 10 nitrogen and oxygen atoms in total. The van der Waals surface area contributed by atoms with Gasteiger partial charge in [0.25, 0.3) is 5.91 Å². The summed E-state index contributed by atoms with van der Waals surface area (Å²) < 4.78 is 60.6. The van der Waals surface area contributed by atoms with Crippen molar-refractivity contribution in [2.24, 2.45) is 0 Å². The zero-order chi connectivity index (χ0) is 34.1. The Bertz CT molecular complexity index is 1650. The van der Waals surface area contributed by atoms with E-state index in [-0.39, 0.29) is 42.4 Å². The molecule has 4 N–H and O–H groups in total. The summed E-state index contributed by atoms with van der Waals surface area (Å²) in [6.45, 7) is 6.42. The molecule has 1 saturated carbocycles. The Morgan fingerprint density at radius 1 is 1.00 bits per heavy atom. The highest BCUT2D eigenvalue weighted by molar-refractivity contribution is 7.53. The van der Waals surface area contributed by atoms with Gasteiger partial charge in [0.05, 0.1) is 22.5 Å². The fourth-order valence-corrected chi connectivity index (χ4v) is 8.25. The van der Waals surface area contributed by atoms with Crippen molar-refractivity contribution in [3.63, 3.8) is 0 Å². The number of carbonyl (C=O) groups excluding carboxylic acids is 1. The van der Waals surface area contributed by atoms with E-state index in [1.165, 1.54) is 0 Å². The summed E-state index contributed by atoms with van der Waals surface area (Å²) >= 11 is 0. The number of fused-ring (bicyclic) bond motifs is 1.